The average Bonchev–Trinajstić information content (AvgIpc) is 2.70. The number of benzene rings is 1. The Morgan fingerprint density at radius 2 is 1.96 bits per heavy atom. The number of amides is 2. The summed E-state index contributed by atoms with van der Waals surface area (Å²) in [4.78, 5) is 37.4. The van der Waals surface area contributed by atoms with Crippen molar-refractivity contribution >= 4 is 11.8 Å². The van der Waals surface area contributed by atoms with Crippen LogP contribution in [0.25, 0.3) is 0 Å². The van der Waals surface area contributed by atoms with Crippen molar-refractivity contribution in [2.75, 3.05) is 19.7 Å². The first kappa shape index (κ1) is 19.6. The van der Waals surface area contributed by atoms with Crippen LogP contribution in [-0.4, -0.2) is 52.6 Å². The van der Waals surface area contributed by atoms with Gasteiger partial charge in [0.1, 0.15) is 11.4 Å². The molecule has 0 aliphatic carbocycles. The minimum Gasteiger partial charge on any atom is -0.483 e. The Balaban J connectivity index is 1.46. The molecular formula is C20H24N4O4. The molecule has 1 saturated heterocycles. The summed E-state index contributed by atoms with van der Waals surface area (Å²) in [7, 11) is 0. The molecule has 28 heavy (non-hydrogen) atoms. The van der Waals surface area contributed by atoms with Gasteiger partial charge in [0.05, 0.1) is 0 Å². The largest absolute Gasteiger partial charge is 0.483 e. The number of piperidine rings is 1. The van der Waals surface area contributed by atoms with E-state index in [1.807, 2.05) is 32.0 Å². The summed E-state index contributed by atoms with van der Waals surface area (Å²) in [5.74, 6) is 0.330. The predicted octanol–water partition coefficient (Wildman–Crippen LogP) is 1.19. The third-order valence-electron chi connectivity index (χ3n) is 5.00. The van der Waals surface area contributed by atoms with Crippen LogP contribution >= 0.6 is 0 Å². The molecule has 1 aliphatic rings. The zero-order chi connectivity index (χ0) is 20.1. The van der Waals surface area contributed by atoms with Crippen molar-refractivity contribution in [2.24, 2.45) is 0 Å². The molecule has 8 nitrogen and oxygen atoms in total. The number of carbonyl (C=O) groups excluding carboxylic acids is 2. The lowest BCUT2D eigenvalue weighted by molar-refractivity contribution is -0.134. The fourth-order valence-electron chi connectivity index (χ4n) is 3.11. The van der Waals surface area contributed by atoms with E-state index in [2.05, 4.69) is 15.5 Å². The molecule has 0 spiro atoms. The molecule has 2 aromatic rings. The lowest BCUT2D eigenvalue weighted by Gasteiger charge is -2.32. The van der Waals surface area contributed by atoms with E-state index in [0.29, 0.717) is 25.9 Å². The number of likely N-dealkylation sites (tertiary alicyclic amines) is 1. The molecule has 0 radical (unpaired) electrons. The number of H-pyrrole nitrogens is 1. The summed E-state index contributed by atoms with van der Waals surface area (Å²) in [6.45, 7) is 5.09. The Hall–Kier alpha value is -3.16. The van der Waals surface area contributed by atoms with E-state index >= 15 is 0 Å². The summed E-state index contributed by atoms with van der Waals surface area (Å²) in [5.41, 5.74) is 1.97. The smallest absolute Gasteiger partial charge is 0.271 e. The van der Waals surface area contributed by atoms with E-state index in [1.54, 1.807) is 4.90 Å². The molecule has 0 atom stereocenters. The highest BCUT2D eigenvalue weighted by Crippen LogP contribution is 2.20. The first-order valence-corrected chi connectivity index (χ1v) is 9.27. The summed E-state index contributed by atoms with van der Waals surface area (Å²) in [6, 6.07) is 8.39. The number of rotatable bonds is 5. The number of carbonyl (C=O) groups is 2. The lowest BCUT2D eigenvalue weighted by atomic mass is 10.0. The maximum Gasteiger partial charge on any atom is 0.271 e. The number of nitrogens with one attached hydrogen (secondary N) is 2. The molecule has 2 heterocycles. The minimum absolute atomic E-state index is 0.00260. The van der Waals surface area contributed by atoms with Gasteiger partial charge < -0.3 is 15.0 Å². The third kappa shape index (κ3) is 4.76. The fraction of sp³-hybridized carbons (Fsp3) is 0.400. The highest BCUT2D eigenvalue weighted by Gasteiger charge is 2.24. The van der Waals surface area contributed by atoms with Gasteiger partial charge in [0.25, 0.3) is 17.4 Å². The second-order valence-corrected chi connectivity index (χ2v) is 6.92. The van der Waals surface area contributed by atoms with Crippen LogP contribution in [0.1, 0.15) is 34.5 Å². The van der Waals surface area contributed by atoms with Gasteiger partial charge in [0.2, 0.25) is 0 Å². The molecule has 0 bridgehead atoms. The summed E-state index contributed by atoms with van der Waals surface area (Å²) in [5, 5.41) is 8.86. The molecule has 1 aromatic heterocycles. The number of ether oxygens (including phenoxy) is 1. The van der Waals surface area contributed by atoms with Crippen LogP contribution in [0, 0.1) is 13.8 Å². The van der Waals surface area contributed by atoms with Crippen LogP contribution < -0.4 is 15.6 Å². The maximum atomic E-state index is 12.4. The normalized spacial score (nSPS) is 14.6. The van der Waals surface area contributed by atoms with Crippen molar-refractivity contribution in [3.63, 3.8) is 0 Å². The first-order chi connectivity index (χ1) is 13.4. The van der Waals surface area contributed by atoms with Crippen LogP contribution in [-0.2, 0) is 4.79 Å². The maximum absolute atomic E-state index is 12.4. The Labute approximate surface area is 162 Å². The number of aromatic nitrogens is 2. The monoisotopic (exact) mass is 384 g/mol. The number of aryl methyl sites for hydroxylation is 1. The summed E-state index contributed by atoms with van der Waals surface area (Å²) in [6.07, 6.45) is 1.31. The number of nitrogens with zero attached hydrogens (tertiary/aromatic N) is 2. The predicted molar refractivity (Wildman–Crippen MR) is 103 cm³/mol. The van der Waals surface area contributed by atoms with Crippen molar-refractivity contribution in [3.05, 3.63) is 57.5 Å². The van der Waals surface area contributed by atoms with E-state index in [-0.39, 0.29) is 35.7 Å². The van der Waals surface area contributed by atoms with Gasteiger partial charge in [-0.3, -0.25) is 14.4 Å². The summed E-state index contributed by atoms with van der Waals surface area (Å²) >= 11 is 0. The third-order valence-corrected chi connectivity index (χ3v) is 5.00. The summed E-state index contributed by atoms with van der Waals surface area (Å²) < 4.78 is 5.69. The van der Waals surface area contributed by atoms with Crippen LogP contribution in [0.2, 0.25) is 0 Å². The topological polar surface area (TPSA) is 104 Å². The van der Waals surface area contributed by atoms with E-state index in [9.17, 15) is 14.4 Å². The molecule has 3 rings (SSSR count). The van der Waals surface area contributed by atoms with Gasteiger partial charge in [0.15, 0.2) is 6.61 Å². The van der Waals surface area contributed by atoms with E-state index in [1.165, 1.54) is 12.1 Å². The van der Waals surface area contributed by atoms with Crippen LogP contribution in [0.3, 0.4) is 0 Å². The fourth-order valence-corrected chi connectivity index (χ4v) is 3.11. The standard InChI is InChI=1S/C20H24N4O4/c1-13-4-3-5-17(14(13)2)28-12-19(26)24-10-8-15(9-11-24)21-20(27)16-6-7-18(25)23-22-16/h3-7,15H,8-12H2,1-2H3,(H,21,27)(H,23,25). The Morgan fingerprint density at radius 3 is 2.64 bits per heavy atom. The van der Waals surface area contributed by atoms with E-state index < -0.39 is 0 Å². The molecule has 1 aromatic carbocycles. The van der Waals surface area contributed by atoms with Crippen molar-refractivity contribution < 1.29 is 14.3 Å². The van der Waals surface area contributed by atoms with E-state index in [0.717, 1.165) is 16.9 Å². The molecule has 2 amide bonds. The molecule has 148 valence electrons. The Morgan fingerprint density at radius 1 is 1.21 bits per heavy atom. The van der Waals surface area contributed by atoms with Gasteiger partial charge in [-0.15, -0.1) is 0 Å². The van der Waals surface area contributed by atoms with Gasteiger partial charge in [-0.05, 0) is 49.9 Å². The van der Waals surface area contributed by atoms with Gasteiger partial charge in [0, 0.05) is 25.2 Å². The number of hydrogen-bond donors (Lipinski definition) is 2. The molecule has 0 saturated carbocycles. The van der Waals surface area contributed by atoms with Gasteiger partial charge in [-0.2, -0.15) is 5.10 Å². The quantitative estimate of drug-likeness (QED) is 0.806. The number of aromatic amines is 1. The van der Waals surface area contributed by atoms with Crippen LogP contribution in [0.15, 0.2) is 35.1 Å². The van der Waals surface area contributed by atoms with Crippen molar-refractivity contribution in [3.8, 4) is 5.75 Å². The van der Waals surface area contributed by atoms with Crippen molar-refractivity contribution in [1.82, 2.24) is 20.4 Å². The second kappa shape index (κ2) is 8.69. The zero-order valence-electron chi connectivity index (χ0n) is 16.0. The molecule has 2 N–H and O–H groups in total. The number of hydrogen-bond acceptors (Lipinski definition) is 5. The Bertz CT molecular complexity index is 896. The minimum atomic E-state index is -0.355. The molecule has 8 heteroatoms. The SMILES string of the molecule is Cc1cccc(OCC(=O)N2CCC(NC(=O)c3ccc(=O)[nH]n3)CC2)c1C. The molecule has 0 unspecified atom stereocenters. The lowest BCUT2D eigenvalue weighted by Crippen LogP contribution is -2.47. The highest BCUT2D eigenvalue weighted by atomic mass is 16.5. The molecular weight excluding hydrogens is 360 g/mol. The Kier molecular flexibility index (Phi) is 6.08. The molecule has 1 fully saturated rings. The van der Waals surface area contributed by atoms with Crippen molar-refractivity contribution in [2.45, 2.75) is 32.7 Å². The first-order valence-electron chi connectivity index (χ1n) is 9.27. The van der Waals surface area contributed by atoms with Crippen LogP contribution in [0.4, 0.5) is 0 Å². The van der Waals surface area contributed by atoms with Crippen molar-refractivity contribution in [1.29, 1.82) is 0 Å². The van der Waals surface area contributed by atoms with Gasteiger partial charge >= 0.3 is 0 Å². The van der Waals surface area contributed by atoms with Crippen LogP contribution in [0.5, 0.6) is 5.75 Å². The second-order valence-electron chi connectivity index (χ2n) is 6.92. The highest BCUT2D eigenvalue weighted by molar-refractivity contribution is 5.92. The molecule has 1 aliphatic heterocycles. The van der Waals surface area contributed by atoms with Gasteiger partial charge in [-0.25, -0.2) is 5.10 Å². The van der Waals surface area contributed by atoms with E-state index in [4.69, 9.17) is 4.74 Å². The van der Waals surface area contributed by atoms with Gasteiger partial charge in [-0.1, -0.05) is 12.1 Å². The zero-order valence-corrected chi connectivity index (χ0v) is 16.0. The average molecular weight is 384 g/mol.